The van der Waals surface area contributed by atoms with Crippen LogP contribution in [0.25, 0.3) is 0 Å². The highest BCUT2D eigenvalue weighted by molar-refractivity contribution is 7.87. The van der Waals surface area contributed by atoms with Crippen LogP contribution in [0, 0.1) is 0 Å². The zero-order valence-electron chi connectivity index (χ0n) is 10.2. The minimum Gasteiger partial charge on any atom is -0.329 e. The van der Waals surface area contributed by atoms with Gasteiger partial charge in [0, 0.05) is 37.4 Å². The smallest absolute Gasteiger partial charge is 0.280 e. The summed E-state index contributed by atoms with van der Waals surface area (Å²) in [6, 6.07) is -0.0828. The number of hydrogen-bond donors (Lipinski definition) is 3. The van der Waals surface area contributed by atoms with Gasteiger partial charge in [-0.2, -0.15) is 22.5 Å². The van der Waals surface area contributed by atoms with Gasteiger partial charge in [-0.25, -0.2) is 0 Å². The summed E-state index contributed by atoms with van der Waals surface area (Å²) in [6.45, 7) is 1.15. The second-order valence-corrected chi connectivity index (χ2v) is 6.14. The topological polar surface area (TPSA) is 104 Å². The number of nitrogens with zero attached hydrogens (tertiary/aromatic N) is 2. The molecule has 0 amide bonds. The van der Waals surface area contributed by atoms with Gasteiger partial charge in [0.05, 0.1) is 6.20 Å². The molecule has 1 saturated heterocycles. The van der Waals surface area contributed by atoms with Crippen LogP contribution >= 0.6 is 0 Å². The molecule has 2 rings (SSSR count). The van der Waals surface area contributed by atoms with Crippen LogP contribution in [-0.2, 0) is 16.8 Å². The first kappa shape index (κ1) is 13.5. The van der Waals surface area contributed by atoms with Crippen LogP contribution in [-0.4, -0.2) is 42.1 Å². The van der Waals surface area contributed by atoms with Crippen molar-refractivity contribution in [1.82, 2.24) is 19.2 Å². The molecule has 2 heterocycles. The largest absolute Gasteiger partial charge is 0.329 e. The Balaban J connectivity index is 2.00. The van der Waals surface area contributed by atoms with Gasteiger partial charge in [0.25, 0.3) is 10.2 Å². The first-order valence-corrected chi connectivity index (χ1v) is 7.51. The fourth-order valence-electron chi connectivity index (χ4n) is 2.16. The Morgan fingerprint density at radius 1 is 1.56 bits per heavy atom. The van der Waals surface area contributed by atoms with E-state index in [4.69, 9.17) is 5.73 Å². The number of H-pyrrole nitrogens is 1. The first-order chi connectivity index (χ1) is 8.63. The van der Waals surface area contributed by atoms with E-state index in [1.807, 2.05) is 0 Å². The molecule has 0 bridgehead atoms. The molecule has 1 aromatic heterocycles. The van der Waals surface area contributed by atoms with Crippen LogP contribution in [0.15, 0.2) is 12.4 Å². The van der Waals surface area contributed by atoms with Gasteiger partial charge in [-0.3, -0.25) is 5.10 Å². The summed E-state index contributed by atoms with van der Waals surface area (Å²) in [4.78, 5) is 0. The van der Waals surface area contributed by atoms with Gasteiger partial charge >= 0.3 is 0 Å². The van der Waals surface area contributed by atoms with Crippen molar-refractivity contribution in [3.63, 3.8) is 0 Å². The molecule has 0 aliphatic carbocycles. The maximum atomic E-state index is 12.2. The Morgan fingerprint density at radius 3 is 3.06 bits per heavy atom. The van der Waals surface area contributed by atoms with E-state index in [1.54, 1.807) is 12.4 Å². The van der Waals surface area contributed by atoms with E-state index in [0.29, 0.717) is 13.1 Å². The molecule has 0 aromatic carbocycles. The van der Waals surface area contributed by atoms with Crippen molar-refractivity contribution < 1.29 is 8.42 Å². The van der Waals surface area contributed by atoms with Gasteiger partial charge in [0.1, 0.15) is 0 Å². The summed E-state index contributed by atoms with van der Waals surface area (Å²) in [5.74, 6) is 0. The summed E-state index contributed by atoms with van der Waals surface area (Å²) in [7, 11) is -3.46. The molecule has 1 atom stereocenters. The monoisotopic (exact) mass is 273 g/mol. The lowest BCUT2D eigenvalue weighted by molar-refractivity contribution is 0.254. The highest BCUT2D eigenvalue weighted by Crippen LogP contribution is 2.19. The summed E-state index contributed by atoms with van der Waals surface area (Å²) >= 11 is 0. The standard InChI is InChI=1S/C10H19N5O2S/c11-5-10-3-1-2-4-15(10)18(16,17)14-8-9-6-12-13-7-9/h6-7,10,14H,1-5,8,11H2,(H,12,13). The predicted octanol–water partition coefficient (Wildman–Crippen LogP) is -0.443. The lowest BCUT2D eigenvalue weighted by atomic mass is 10.1. The lowest BCUT2D eigenvalue weighted by Gasteiger charge is -2.33. The Hall–Kier alpha value is -0.960. The van der Waals surface area contributed by atoms with E-state index in [2.05, 4.69) is 14.9 Å². The molecule has 1 aliphatic heterocycles. The zero-order valence-corrected chi connectivity index (χ0v) is 11.0. The van der Waals surface area contributed by atoms with Crippen LogP contribution in [0.1, 0.15) is 24.8 Å². The Labute approximate surface area is 107 Å². The Bertz CT molecular complexity index is 459. The minimum atomic E-state index is -3.46. The van der Waals surface area contributed by atoms with E-state index >= 15 is 0 Å². The van der Waals surface area contributed by atoms with E-state index in [0.717, 1.165) is 24.8 Å². The number of piperidine rings is 1. The van der Waals surface area contributed by atoms with E-state index in [9.17, 15) is 8.42 Å². The maximum absolute atomic E-state index is 12.2. The molecule has 8 heteroatoms. The van der Waals surface area contributed by atoms with Gasteiger partial charge < -0.3 is 5.73 Å². The molecule has 1 unspecified atom stereocenters. The van der Waals surface area contributed by atoms with E-state index < -0.39 is 10.2 Å². The number of nitrogens with two attached hydrogens (primary N) is 1. The predicted molar refractivity (Wildman–Crippen MR) is 67.7 cm³/mol. The highest BCUT2D eigenvalue weighted by Gasteiger charge is 2.30. The SMILES string of the molecule is NCC1CCCCN1S(=O)(=O)NCc1cn[nH]c1. The minimum absolute atomic E-state index is 0.0828. The second-order valence-electron chi connectivity index (χ2n) is 4.43. The molecular formula is C10H19N5O2S. The number of aromatic nitrogens is 2. The van der Waals surface area contributed by atoms with E-state index in [1.165, 1.54) is 4.31 Å². The van der Waals surface area contributed by atoms with Gasteiger partial charge in [0.2, 0.25) is 0 Å². The number of nitrogens with one attached hydrogen (secondary N) is 2. The van der Waals surface area contributed by atoms with Crippen molar-refractivity contribution in [1.29, 1.82) is 0 Å². The summed E-state index contributed by atoms with van der Waals surface area (Å²) in [5.41, 5.74) is 6.44. The average Bonchev–Trinajstić information content (AvgIpc) is 2.89. The third-order valence-corrected chi connectivity index (χ3v) is 4.77. The zero-order chi connectivity index (χ0) is 13.0. The van der Waals surface area contributed by atoms with E-state index in [-0.39, 0.29) is 12.6 Å². The van der Waals surface area contributed by atoms with Crippen molar-refractivity contribution in [2.24, 2.45) is 5.73 Å². The quantitative estimate of drug-likeness (QED) is 0.676. The third kappa shape index (κ3) is 3.08. The molecule has 1 aliphatic rings. The summed E-state index contributed by atoms with van der Waals surface area (Å²) in [5, 5.41) is 6.42. The molecular weight excluding hydrogens is 254 g/mol. The highest BCUT2D eigenvalue weighted by atomic mass is 32.2. The Kier molecular flexibility index (Phi) is 4.33. The third-order valence-electron chi connectivity index (χ3n) is 3.17. The molecule has 0 spiro atoms. The molecule has 18 heavy (non-hydrogen) atoms. The maximum Gasteiger partial charge on any atom is 0.280 e. The van der Waals surface area contributed by atoms with Crippen molar-refractivity contribution >= 4 is 10.2 Å². The van der Waals surface area contributed by atoms with Crippen molar-refractivity contribution in [2.45, 2.75) is 31.8 Å². The van der Waals surface area contributed by atoms with Crippen LogP contribution in [0.3, 0.4) is 0 Å². The lowest BCUT2D eigenvalue weighted by Crippen LogP contribution is -2.51. The molecule has 0 radical (unpaired) electrons. The van der Waals surface area contributed by atoms with Crippen LogP contribution < -0.4 is 10.5 Å². The molecule has 1 fully saturated rings. The summed E-state index contributed by atoms with van der Waals surface area (Å²) < 4.78 is 28.4. The van der Waals surface area contributed by atoms with Gasteiger partial charge in [0.15, 0.2) is 0 Å². The first-order valence-electron chi connectivity index (χ1n) is 6.07. The van der Waals surface area contributed by atoms with Gasteiger partial charge in [-0.15, -0.1) is 0 Å². The van der Waals surface area contributed by atoms with Gasteiger partial charge in [-0.1, -0.05) is 6.42 Å². The molecule has 7 nitrogen and oxygen atoms in total. The Morgan fingerprint density at radius 2 is 2.39 bits per heavy atom. The van der Waals surface area contributed by atoms with Crippen molar-refractivity contribution in [2.75, 3.05) is 13.1 Å². The fourth-order valence-corrected chi connectivity index (χ4v) is 3.63. The number of rotatable bonds is 5. The van der Waals surface area contributed by atoms with Crippen LogP contribution in [0.2, 0.25) is 0 Å². The molecule has 102 valence electrons. The average molecular weight is 273 g/mol. The van der Waals surface area contributed by atoms with Crippen molar-refractivity contribution in [3.8, 4) is 0 Å². The van der Waals surface area contributed by atoms with Crippen LogP contribution in [0.4, 0.5) is 0 Å². The van der Waals surface area contributed by atoms with Crippen molar-refractivity contribution in [3.05, 3.63) is 18.0 Å². The number of hydrogen-bond acceptors (Lipinski definition) is 4. The fraction of sp³-hybridized carbons (Fsp3) is 0.700. The second kappa shape index (κ2) is 5.79. The van der Waals surface area contributed by atoms with Gasteiger partial charge in [-0.05, 0) is 12.8 Å². The molecule has 0 saturated carbocycles. The normalized spacial score (nSPS) is 22.2. The molecule has 4 N–H and O–H groups in total. The van der Waals surface area contributed by atoms with Crippen LogP contribution in [0.5, 0.6) is 0 Å². The summed E-state index contributed by atoms with van der Waals surface area (Å²) in [6.07, 6.45) is 6.03. The number of aromatic amines is 1. The molecule has 1 aromatic rings.